The minimum Gasteiger partial charge on any atom is -0.352 e. The van der Waals surface area contributed by atoms with E-state index in [0.717, 1.165) is 22.8 Å². The van der Waals surface area contributed by atoms with Crippen molar-refractivity contribution in [3.05, 3.63) is 83.9 Å². The van der Waals surface area contributed by atoms with E-state index in [4.69, 9.17) is 0 Å². The van der Waals surface area contributed by atoms with E-state index in [9.17, 15) is 4.39 Å². The summed E-state index contributed by atoms with van der Waals surface area (Å²) in [5.41, 5.74) is 2.97. The fourth-order valence-corrected chi connectivity index (χ4v) is 2.72. The molecule has 142 valence electrons. The first-order valence-electron chi connectivity index (χ1n) is 8.41. The molecule has 0 amide bonds. The molecule has 7 heteroatoms. The van der Waals surface area contributed by atoms with Crippen molar-refractivity contribution >= 4 is 29.9 Å². The monoisotopic (exact) mass is 479 g/mol. The molecule has 2 aromatic carbocycles. The summed E-state index contributed by atoms with van der Waals surface area (Å²) in [6.07, 6.45) is 3.82. The van der Waals surface area contributed by atoms with Gasteiger partial charge in [0.1, 0.15) is 5.82 Å². The van der Waals surface area contributed by atoms with Gasteiger partial charge < -0.3 is 10.2 Å². The lowest BCUT2D eigenvalue weighted by Crippen LogP contribution is -2.38. The van der Waals surface area contributed by atoms with Crippen LogP contribution in [0.15, 0.2) is 72.0 Å². The zero-order chi connectivity index (χ0) is 18.4. The Morgan fingerprint density at radius 3 is 2.63 bits per heavy atom. The van der Waals surface area contributed by atoms with Crippen molar-refractivity contribution in [1.29, 1.82) is 0 Å². The van der Waals surface area contributed by atoms with Crippen LogP contribution in [0.4, 0.5) is 4.39 Å². The number of nitrogens with one attached hydrogen (secondary N) is 1. The Kier molecular flexibility index (Phi) is 7.78. The molecule has 0 aliphatic rings. The third kappa shape index (κ3) is 5.78. The van der Waals surface area contributed by atoms with Crippen LogP contribution >= 0.6 is 24.0 Å². The molecule has 3 aromatic rings. The summed E-state index contributed by atoms with van der Waals surface area (Å²) in [5, 5.41) is 7.71. The zero-order valence-electron chi connectivity index (χ0n) is 15.3. The van der Waals surface area contributed by atoms with Crippen molar-refractivity contribution in [1.82, 2.24) is 20.0 Å². The summed E-state index contributed by atoms with van der Waals surface area (Å²) in [4.78, 5) is 6.25. The van der Waals surface area contributed by atoms with Gasteiger partial charge in [0.25, 0.3) is 0 Å². The van der Waals surface area contributed by atoms with Crippen LogP contribution in [-0.2, 0) is 13.1 Å². The molecular formula is C20H23FIN5. The lowest BCUT2D eigenvalue weighted by Gasteiger charge is -2.22. The van der Waals surface area contributed by atoms with Gasteiger partial charge in [-0.3, -0.25) is 4.99 Å². The third-order valence-electron chi connectivity index (χ3n) is 3.99. The van der Waals surface area contributed by atoms with E-state index in [2.05, 4.69) is 15.4 Å². The number of rotatable bonds is 5. The van der Waals surface area contributed by atoms with E-state index >= 15 is 0 Å². The molecular weight excluding hydrogens is 456 g/mol. The van der Waals surface area contributed by atoms with E-state index in [-0.39, 0.29) is 29.8 Å². The minimum atomic E-state index is -0.229. The van der Waals surface area contributed by atoms with Gasteiger partial charge in [-0.25, -0.2) is 9.07 Å². The zero-order valence-corrected chi connectivity index (χ0v) is 17.7. The maximum Gasteiger partial charge on any atom is 0.193 e. The van der Waals surface area contributed by atoms with Gasteiger partial charge in [0.2, 0.25) is 0 Å². The SMILES string of the molecule is CN=C(NCc1cnn(-c2ccccc2)c1)N(C)Cc1cccc(F)c1.I. The number of benzene rings is 2. The molecule has 1 N–H and O–H groups in total. The van der Waals surface area contributed by atoms with E-state index in [1.165, 1.54) is 12.1 Å². The Morgan fingerprint density at radius 1 is 1.15 bits per heavy atom. The van der Waals surface area contributed by atoms with Gasteiger partial charge in [0.05, 0.1) is 11.9 Å². The summed E-state index contributed by atoms with van der Waals surface area (Å²) in [6, 6.07) is 16.6. The van der Waals surface area contributed by atoms with E-state index in [0.29, 0.717) is 13.1 Å². The smallest absolute Gasteiger partial charge is 0.193 e. The van der Waals surface area contributed by atoms with Crippen LogP contribution in [0.2, 0.25) is 0 Å². The van der Waals surface area contributed by atoms with Gasteiger partial charge >= 0.3 is 0 Å². The fourth-order valence-electron chi connectivity index (χ4n) is 2.72. The molecule has 0 atom stereocenters. The first kappa shape index (κ1) is 20.9. The molecule has 0 unspecified atom stereocenters. The number of aromatic nitrogens is 2. The second kappa shape index (κ2) is 10.1. The summed E-state index contributed by atoms with van der Waals surface area (Å²) < 4.78 is 15.2. The van der Waals surface area contributed by atoms with Crippen molar-refractivity contribution in [3.8, 4) is 5.69 Å². The average molecular weight is 479 g/mol. The lowest BCUT2D eigenvalue weighted by molar-refractivity contribution is 0.474. The van der Waals surface area contributed by atoms with Gasteiger partial charge in [-0.2, -0.15) is 5.10 Å². The standard InChI is InChI=1S/C20H22FN5.HI/c1-22-20(25(2)14-16-7-6-8-18(21)11-16)23-12-17-13-24-26(15-17)19-9-4-3-5-10-19;/h3-11,13,15H,12,14H2,1-2H3,(H,22,23);1H. The predicted octanol–water partition coefficient (Wildman–Crippen LogP) is 3.84. The third-order valence-corrected chi connectivity index (χ3v) is 3.99. The minimum absolute atomic E-state index is 0. The molecule has 0 aliphatic carbocycles. The van der Waals surface area contributed by atoms with E-state index in [1.54, 1.807) is 13.1 Å². The molecule has 0 radical (unpaired) electrons. The topological polar surface area (TPSA) is 45.5 Å². The van der Waals surface area contributed by atoms with Crippen LogP contribution in [0.1, 0.15) is 11.1 Å². The summed E-state index contributed by atoms with van der Waals surface area (Å²) >= 11 is 0. The molecule has 0 saturated heterocycles. The van der Waals surface area contributed by atoms with Gasteiger partial charge in [0, 0.05) is 38.9 Å². The number of nitrogens with zero attached hydrogens (tertiary/aromatic N) is 4. The highest BCUT2D eigenvalue weighted by Gasteiger charge is 2.08. The van der Waals surface area contributed by atoms with Crippen LogP contribution in [0, 0.1) is 5.82 Å². The molecule has 0 saturated carbocycles. The normalized spacial score (nSPS) is 11.0. The predicted molar refractivity (Wildman–Crippen MR) is 117 cm³/mol. The van der Waals surface area contributed by atoms with Crippen LogP contribution < -0.4 is 5.32 Å². The van der Waals surface area contributed by atoms with E-state index < -0.39 is 0 Å². The first-order valence-corrected chi connectivity index (χ1v) is 8.41. The Labute approximate surface area is 175 Å². The number of guanidine groups is 1. The quantitative estimate of drug-likeness (QED) is 0.344. The van der Waals surface area contributed by atoms with Gasteiger partial charge in [-0.1, -0.05) is 30.3 Å². The van der Waals surface area contributed by atoms with Crippen LogP contribution in [0.3, 0.4) is 0 Å². The van der Waals surface area contributed by atoms with Crippen molar-refractivity contribution in [3.63, 3.8) is 0 Å². The Hall–Kier alpha value is -2.42. The highest BCUT2D eigenvalue weighted by atomic mass is 127. The second-order valence-electron chi connectivity index (χ2n) is 6.02. The molecule has 1 aromatic heterocycles. The second-order valence-corrected chi connectivity index (χ2v) is 6.02. The van der Waals surface area contributed by atoms with Crippen molar-refractivity contribution in [2.45, 2.75) is 13.1 Å². The Balaban J connectivity index is 0.00000261. The van der Waals surface area contributed by atoms with Gasteiger partial charge in [-0.15, -0.1) is 24.0 Å². The van der Waals surface area contributed by atoms with Crippen molar-refractivity contribution < 1.29 is 4.39 Å². The summed E-state index contributed by atoms with van der Waals surface area (Å²) in [6.45, 7) is 1.17. The summed E-state index contributed by atoms with van der Waals surface area (Å²) in [7, 11) is 3.66. The molecule has 0 fully saturated rings. The molecule has 5 nitrogen and oxygen atoms in total. The largest absolute Gasteiger partial charge is 0.352 e. The molecule has 0 aliphatic heterocycles. The Bertz CT molecular complexity index is 879. The lowest BCUT2D eigenvalue weighted by atomic mass is 10.2. The number of halogens is 2. The average Bonchev–Trinajstić information content (AvgIpc) is 3.12. The molecule has 0 bridgehead atoms. The first-order chi connectivity index (χ1) is 12.7. The maximum atomic E-state index is 13.3. The van der Waals surface area contributed by atoms with Gasteiger partial charge in [-0.05, 0) is 29.8 Å². The molecule has 0 spiro atoms. The molecule has 1 heterocycles. The van der Waals surface area contributed by atoms with Crippen molar-refractivity contribution in [2.75, 3.05) is 14.1 Å². The van der Waals surface area contributed by atoms with E-state index in [1.807, 2.05) is 65.4 Å². The summed E-state index contributed by atoms with van der Waals surface area (Å²) in [5.74, 6) is 0.508. The number of hydrogen-bond donors (Lipinski definition) is 1. The maximum absolute atomic E-state index is 13.3. The number of hydrogen-bond acceptors (Lipinski definition) is 2. The highest BCUT2D eigenvalue weighted by molar-refractivity contribution is 14.0. The van der Waals surface area contributed by atoms with Crippen LogP contribution in [0.5, 0.6) is 0 Å². The van der Waals surface area contributed by atoms with Crippen molar-refractivity contribution in [2.24, 2.45) is 4.99 Å². The van der Waals surface area contributed by atoms with Gasteiger partial charge in [0.15, 0.2) is 5.96 Å². The molecule has 27 heavy (non-hydrogen) atoms. The van der Waals surface area contributed by atoms with Crippen LogP contribution in [0.25, 0.3) is 5.69 Å². The fraction of sp³-hybridized carbons (Fsp3) is 0.200. The highest BCUT2D eigenvalue weighted by Crippen LogP contribution is 2.09. The molecule has 3 rings (SSSR count). The van der Waals surface area contributed by atoms with Crippen LogP contribution in [-0.4, -0.2) is 34.7 Å². The number of para-hydroxylation sites is 1. The number of aliphatic imine (C=N–C) groups is 1. The Morgan fingerprint density at radius 2 is 1.93 bits per heavy atom.